The van der Waals surface area contributed by atoms with Gasteiger partial charge in [-0.15, -0.1) is 0 Å². The lowest BCUT2D eigenvalue weighted by atomic mass is 9.87. The van der Waals surface area contributed by atoms with Crippen LogP contribution < -0.4 is 10.6 Å². The monoisotopic (exact) mass is 715 g/mol. The first-order valence-corrected chi connectivity index (χ1v) is 19.5. The molecule has 4 rings (SSSR count). The van der Waals surface area contributed by atoms with Crippen LogP contribution in [0.5, 0.6) is 0 Å². The van der Waals surface area contributed by atoms with Crippen molar-refractivity contribution in [3.05, 3.63) is 71.8 Å². The van der Waals surface area contributed by atoms with Crippen molar-refractivity contribution >= 4 is 29.2 Å². The quantitative estimate of drug-likeness (QED) is 0.145. The van der Waals surface area contributed by atoms with Gasteiger partial charge in [0, 0.05) is 24.7 Å². The predicted octanol–water partition coefficient (Wildman–Crippen LogP) is 5.92. The molecule has 2 aromatic carbocycles. The first kappa shape index (κ1) is 41.1. The second-order valence-corrected chi connectivity index (χ2v) is 16.1. The topological polar surface area (TPSA) is 125 Å². The van der Waals surface area contributed by atoms with Crippen molar-refractivity contribution in [2.75, 3.05) is 26.2 Å². The molecule has 284 valence electrons. The molecule has 0 saturated carbocycles. The SMILES string of the molecule is CC(C)C[C@H](NC(=O)[C@H](CCc1ccccc1)CC(=O)CN1CCCCC1)C(=O)C[C@@H](Cc1ccccc1)C(=O)N[C@@H](CC(C)C)C(=O)[C@@]1(C)CO1. The molecule has 0 bridgehead atoms. The number of aryl methyl sites for hydroxylation is 1. The zero-order valence-corrected chi connectivity index (χ0v) is 32.0. The van der Waals surface area contributed by atoms with E-state index in [1.54, 1.807) is 6.92 Å². The van der Waals surface area contributed by atoms with Crippen molar-refractivity contribution < 1.29 is 28.7 Å². The highest BCUT2D eigenvalue weighted by molar-refractivity contribution is 5.98. The van der Waals surface area contributed by atoms with Crippen molar-refractivity contribution in [1.29, 1.82) is 0 Å². The molecule has 52 heavy (non-hydrogen) atoms. The minimum atomic E-state index is -0.892. The van der Waals surface area contributed by atoms with E-state index in [-0.39, 0.29) is 53.8 Å². The fourth-order valence-corrected chi connectivity index (χ4v) is 7.20. The van der Waals surface area contributed by atoms with Gasteiger partial charge in [0.15, 0.2) is 11.6 Å². The number of nitrogens with one attached hydrogen (secondary N) is 2. The summed E-state index contributed by atoms with van der Waals surface area (Å²) in [5.41, 5.74) is 1.10. The molecule has 2 fully saturated rings. The molecule has 0 aromatic heterocycles. The van der Waals surface area contributed by atoms with Gasteiger partial charge in [-0.3, -0.25) is 28.9 Å². The summed E-state index contributed by atoms with van der Waals surface area (Å²) < 4.78 is 5.43. The lowest BCUT2D eigenvalue weighted by Crippen LogP contribution is -2.50. The van der Waals surface area contributed by atoms with E-state index in [9.17, 15) is 24.0 Å². The van der Waals surface area contributed by atoms with E-state index < -0.39 is 29.5 Å². The minimum absolute atomic E-state index is 0.0393. The molecule has 2 saturated heterocycles. The first-order chi connectivity index (χ1) is 24.8. The van der Waals surface area contributed by atoms with Crippen LogP contribution in [0.2, 0.25) is 0 Å². The molecule has 0 unspecified atom stereocenters. The fourth-order valence-electron chi connectivity index (χ4n) is 7.20. The number of ether oxygens (including phenoxy) is 1. The summed E-state index contributed by atoms with van der Waals surface area (Å²) in [5, 5.41) is 6.06. The van der Waals surface area contributed by atoms with Crippen molar-refractivity contribution in [1.82, 2.24) is 15.5 Å². The zero-order chi connectivity index (χ0) is 37.7. The van der Waals surface area contributed by atoms with Crippen LogP contribution in [0.1, 0.15) is 97.1 Å². The highest BCUT2D eigenvalue weighted by Crippen LogP contribution is 2.30. The molecule has 2 N–H and O–H groups in total. The van der Waals surface area contributed by atoms with Gasteiger partial charge >= 0.3 is 0 Å². The molecule has 2 heterocycles. The number of piperidine rings is 1. The number of Topliss-reactive ketones (excluding diaryl/α,β-unsaturated/α-hetero) is 3. The number of amides is 2. The Hall–Kier alpha value is -3.69. The summed E-state index contributed by atoms with van der Waals surface area (Å²) >= 11 is 0. The van der Waals surface area contributed by atoms with Crippen LogP contribution >= 0.6 is 0 Å². The lowest BCUT2D eigenvalue weighted by Gasteiger charge is -2.28. The van der Waals surface area contributed by atoms with Gasteiger partial charge in [0.2, 0.25) is 11.8 Å². The highest BCUT2D eigenvalue weighted by atomic mass is 16.6. The Morgan fingerprint density at radius 1 is 0.731 bits per heavy atom. The first-order valence-electron chi connectivity index (χ1n) is 19.5. The number of epoxide rings is 1. The zero-order valence-electron chi connectivity index (χ0n) is 32.0. The third-order valence-corrected chi connectivity index (χ3v) is 10.3. The second kappa shape index (κ2) is 20.0. The maximum absolute atomic E-state index is 14.2. The average Bonchev–Trinajstić information content (AvgIpc) is 3.87. The van der Waals surface area contributed by atoms with Crippen molar-refractivity contribution in [2.45, 2.75) is 117 Å². The minimum Gasteiger partial charge on any atom is -0.361 e. The molecule has 0 radical (unpaired) electrons. The van der Waals surface area contributed by atoms with Gasteiger partial charge in [0.1, 0.15) is 11.4 Å². The van der Waals surface area contributed by atoms with Crippen LogP contribution in [0.25, 0.3) is 0 Å². The molecule has 2 aliphatic heterocycles. The van der Waals surface area contributed by atoms with Gasteiger partial charge < -0.3 is 15.4 Å². The van der Waals surface area contributed by atoms with Crippen LogP contribution in [0.15, 0.2) is 60.7 Å². The van der Waals surface area contributed by atoms with Crippen molar-refractivity contribution in [2.24, 2.45) is 23.7 Å². The molecule has 0 spiro atoms. The van der Waals surface area contributed by atoms with E-state index in [1.807, 2.05) is 88.4 Å². The number of carbonyl (C=O) groups excluding carboxylic acids is 5. The summed E-state index contributed by atoms with van der Waals surface area (Å²) in [4.78, 5) is 71.2. The molecule has 2 amide bonds. The number of hydrogen-bond acceptors (Lipinski definition) is 7. The van der Waals surface area contributed by atoms with E-state index in [0.29, 0.717) is 45.3 Å². The van der Waals surface area contributed by atoms with E-state index in [0.717, 1.165) is 37.1 Å². The smallest absolute Gasteiger partial charge is 0.224 e. The van der Waals surface area contributed by atoms with Crippen molar-refractivity contribution in [3.8, 4) is 0 Å². The van der Waals surface area contributed by atoms with Gasteiger partial charge in [-0.05, 0) is 87.9 Å². The normalized spacial score (nSPS) is 19.8. The molecule has 5 atom stereocenters. The maximum Gasteiger partial charge on any atom is 0.224 e. The van der Waals surface area contributed by atoms with Crippen molar-refractivity contribution in [3.63, 3.8) is 0 Å². The number of likely N-dealkylation sites (tertiary alicyclic amines) is 1. The standard InChI is InChI=1S/C43H61N3O6/c1-30(2)23-37(44-41(50)34(20-19-32-15-9-6-10-16-32)26-36(47)28-46-21-13-8-14-22-46)39(48)27-35(25-33-17-11-7-12-18-33)42(51)45-38(24-31(3)4)40(49)43(5)29-52-43/h6-7,9-12,15-18,30-31,34-35,37-38H,8,13-14,19-29H2,1-5H3,(H,44,50)(H,45,51)/t34-,35-,37+,38+,43-/m1/s1. The Morgan fingerprint density at radius 2 is 1.27 bits per heavy atom. The molecule has 2 aliphatic rings. The van der Waals surface area contributed by atoms with E-state index in [2.05, 4.69) is 15.5 Å². The Balaban J connectivity index is 1.51. The van der Waals surface area contributed by atoms with Crippen LogP contribution in [0.4, 0.5) is 0 Å². The highest BCUT2D eigenvalue weighted by Gasteiger charge is 2.50. The largest absolute Gasteiger partial charge is 0.361 e. The molecule has 9 nitrogen and oxygen atoms in total. The van der Waals surface area contributed by atoms with E-state index >= 15 is 0 Å². The summed E-state index contributed by atoms with van der Waals surface area (Å²) in [7, 11) is 0. The molecule has 9 heteroatoms. The average molecular weight is 716 g/mol. The number of ketones is 3. The van der Waals surface area contributed by atoms with Gasteiger partial charge in [-0.25, -0.2) is 0 Å². The predicted molar refractivity (Wildman–Crippen MR) is 204 cm³/mol. The summed E-state index contributed by atoms with van der Waals surface area (Å²) in [6.07, 6.45) is 5.65. The third kappa shape index (κ3) is 13.4. The van der Waals surface area contributed by atoms with Gasteiger partial charge in [-0.1, -0.05) is 94.8 Å². The van der Waals surface area contributed by atoms with E-state index in [1.165, 1.54) is 6.42 Å². The van der Waals surface area contributed by atoms with Crippen LogP contribution in [-0.2, 0) is 41.6 Å². The molecular formula is C43H61N3O6. The summed E-state index contributed by atoms with van der Waals surface area (Å²) in [6, 6.07) is 17.9. The van der Waals surface area contributed by atoms with Gasteiger partial charge in [0.05, 0.1) is 25.2 Å². The fraction of sp³-hybridized carbons (Fsp3) is 0.605. The molecular weight excluding hydrogens is 654 g/mol. The number of nitrogens with zero attached hydrogens (tertiary/aromatic N) is 1. The number of rotatable bonds is 22. The van der Waals surface area contributed by atoms with Crippen LogP contribution in [0.3, 0.4) is 0 Å². The lowest BCUT2D eigenvalue weighted by molar-refractivity contribution is -0.135. The summed E-state index contributed by atoms with van der Waals surface area (Å²) in [5.74, 6) is -2.11. The maximum atomic E-state index is 14.2. The van der Waals surface area contributed by atoms with Crippen LogP contribution in [-0.4, -0.2) is 78.0 Å². The number of hydrogen-bond donors (Lipinski definition) is 2. The third-order valence-electron chi connectivity index (χ3n) is 10.3. The number of benzene rings is 2. The van der Waals surface area contributed by atoms with Gasteiger partial charge in [0.25, 0.3) is 0 Å². The van der Waals surface area contributed by atoms with Crippen LogP contribution in [0, 0.1) is 23.7 Å². The van der Waals surface area contributed by atoms with E-state index in [4.69, 9.17) is 4.74 Å². The Morgan fingerprint density at radius 3 is 1.85 bits per heavy atom. The molecule has 0 aliphatic carbocycles. The molecule has 2 aromatic rings. The summed E-state index contributed by atoms with van der Waals surface area (Å²) in [6.45, 7) is 12.2. The second-order valence-electron chi connectivity index (χ2n) is 16.1. The Bertz CT molecular complexity index is 1470. The van der Waals surface area contributed by atoms with Gasteiger partial charge in [-0.2, -0.15) is 0 Å². The Labute approximate surface area is 311 Å². The number of carbonyl (C=O) groups is 5. The Kier molecular flexibility index (Phi) is 15.8.